The lowest BCUT2D eigenvalue weighted by Gasteiger charge is -2.29. The molecule has 2 aromatic rings. The summed E-state index contributed by atoms with van der Waals surface area (Å²) in [6, 6.07) is 14.2. The highest BCUT2D eigenvalue weighted by Gasteiger charge is 2.22. The molecule has 1 atom stereocenters. The molecule has 1 aromatic carbocycles. The zero-order chi connectivity index (χ0) is 15.5. The van der Waals surface area contributed by atoms with Crippen LogP contribution < -0.4 is 4.90 Å². The van der Waals surface area contributed by atoms with E-state index >= 15 is 0 Å². The molecule has 0 bridgehead atoms. The van der Waals surface area contributed by atoms with E-state index in [-0.39, 0.29) is 0 Å². The SMILES string of the molecule is Cc1ccc(C)n1-c1ccccc1C[NH+](C)C1CCCCC1. The Hall–Kier alpha value is -1.54. The Labute approximate surface area is 134 Å². The molecule has 1 unspecified atom stereocenters. The lowest BCUT2D eigenvalue weighted by atomic mass is 9.94. The van der Waals surface area contributed by atoms with Crippen LogP contribution >= 0.6 is 0 Å². The van der Waals surface area contributed by atoms with Crippen molar-refractivity contribution in [3.63, 3.8) is 0 Å². The van der Waals surface area contributed by atoms with E-state index in [1.54, 1.807) is 4.90 Å². The molecule has 2 nitrogen and oxygen atoms in total. The number of hydrogen-bond donors (Lipinski definition) is 1. The van der Waals surface area contributed by atoms with E-state index in [2.05, 4.69) is 61.9 Å². The third kappa shape index (κ3) is 3.12. The van der Waals surface area contributed by atoms with Crippen LogP contribution in [-0.2, 0) is 6.54 Å². The van der Waals surface area contributed by atoms with Crippen LogP contribution in [0.2, 0.25) is 0 Å². The van der Waals surface area contributed by atoms with Crippen molar-refractivity contribution in [1.29, 1.82) is 0 Å². The van der Waals surface area contributed by atoms with Crippen LogP contribution in [0.15, 0.2) is 36.4 Å². The van der Waals surface area contributed by atoms with Crippen LogP contribution in [0.1, 0.15) is 49.1 Å². The van der Waals surface area contributed by atoms with Crippen LogP contribution in [0.5, 0.6) is 0 Å². The van der Waals surface area contributed by atoms with Gasteiger partial charge in [-0.05, 0) is 57.7 Å². The average Bonchev–Trinajstić information content (AvgIpc) is 2.88. The van der Waals surface area contributed by atoms with E-state index in [9.17, 15) is 0 Å². The maximum atomic E-state index is 2.39. The minimum Gasteiger partial charge on any atom is -0.331 e. The van der Waals surface area contributed by atoms with E-state index in [0.29, 0.717) is 0 Å². The van der Waals surface area contributed by atoms with E-state index in [4.69, 9.17) is 0 Å². The number of hydrogen-bond acceptors (Lipinski definition) is 0. The highest BCUT2D eigenvalue weighted by atomic mass is 15.1. The van der Waals surface area contributed by atoms with Crippen LogP contribution in [0.25, 0.3) is 5.69 Å². The minimum atomic E-state index is 0.841. The first-order valence-electron chi connectivity index (χ1n) is 8.72. The zero-order valence-electron chi connectivity index (χ0n) is 14.2. The van der Waals surface area contributed by atoms with Gasteiger partial charge in [0.1, 0.15) is 6.54 Å². The Kier molecular flexibility index (Phi) is 4.68. The van der Waals surface area contributed by atoms with E-state index in [1.807, 2.05) is 0 Å². The summed E-state index contributed by atoms with van der Waals surface area (Å²) in [5.41, 5.74) is 5.46. The van der Waals surface area contributed by atoms with Crippen LogP contribution in [-0.4, -0.2) is 17.7 Å². The molecule has 1 aliphatic carbocycles. The smallest absolute Gasteiger partial charge is 0.105 e. The van der Waals surface area contributed by atoms with Gasteiger partial charge >= 0.3 is 0 Å². The lowest BCUT2D eigenvalue weighted by Crippen LogP contribution is -3.11. The quantitative estimate of drug-likeness (QED) is 0.885. The Morgan fingerprint density at radius 3 is 2.27 bits per heavy atom. The van der Waals surface area contributed by atoms with Crippen molar-refractivity contribution in [3.05, 3.63) is 53.3 Å². The van der Waals surface area contributed by atoms with E-state index in [0.717, 1.165) is 12.6 Å². The number of aromatic nitrogens is 1. The summed E-state index contributed by atoms with van der Waals surface area (Å²) in [6.07, 6.45) is 7.06. The second-order valence-electron chi connectivity index (χ2n) is 6.94. The van der Waals surface area contributed by atoms with Crippen molar-refractivity contribution in [1.82, 2.24) is 4.57 Å². The van der Waals surface area contributed by atoms with Crippen LogP contribution in [0.4, 0.5) is 0 Å². The predicted molar refractivity (Wildman–Crippen MR) is 92.7 cm³/mol. The first kappa shape index (κ1) is 15.4. The second kappa shape index (κ2) is 6.70. The van der Waals surface area contributed by atoms with Gasteiger partial charge in [0.05, 0.1) is 18.8 Å². The first-order valence-corrected chi connectivity index (χ1v) is 8.72. The van der Waals surface area contributed by atoms with Crippen LogP contribution in [0.3, 0.4) is 0 Å². The monoisotopic (exact) mass is 297 g/mol. The van der Waals surface area contributed by atoms with Crippen molar-refractivity contribution >= 4 is 0 Å². The molecular weight excluding hydrogens is 268 g/mol. The number of rotatable bonds is 4. The topological polar surface area (TPSA) is 9.37 Å². The highest BCUT2D eigenvalue weighted by Crippen LogP contribution is 2.20. The number of aryl methyl sites for hydroxylation is 2. The van der Waals surface area contributed by atoms with Gasteiger partial charge in [-0.15, -0.1) is 0 Å². The molecule has 0 radical (unpaired) electrons. The fourth-order valence-corrected chi connectivity index (χ4v) is 3.97. The summed E-state index contributed by atoms with van der Waals surface area (Å²) < 4.78 is 2.39. The molecule has 1 aliphatic rings. The Morgan fingerprint density at radius 1 is 0.955 bits per heavy atom. The molecule has 0 spiro atoms. The fraction of sp³-hybridized carbons (Fsp3) is 0.500. The van der Waals surface area contributed by atoms with Gasteiger partial charge in [-0.3, -0.25) is 0 Å². The van der Waals surface area contributed by atoms with Crippen molar-refractivity contribution in [2.75, 3.05) is 7.05 Å². The third-order valence-electron chi connectivity index (χ3n) is 5.28. The van der Waals surface area contributed by atoms with Gasteiger partial charge in [-0.1, -0.05) is 24.6 Å². The van der Waals surface area contributed by atoms with E-state index < -0.39 is 0 Å². The Morgan fingerprint density at radius 2 is 1.59 bits per heavy atom. The van der Waals surface area contributed by atoms with Crippen molar-refractivity contribution < 1.29 is 4.90 Å². The number of benzene rings is 1. The van der Waals surface area contributed by atoms with Crippen molar-refractivity contribution in [3.8, 4) is 5.69 Å². The summed E-state index contributed by atoms with van der Waals surface area (Å²) in [7, 11) is 2.38. The van der Waals surface area contributed by atoms with Gasteiger partial charge < -0.3 is 9.47 Å². The summed E-state index contributed by atoms with van der Waals surface area (Å²) >= 11 is 0. The molecule has 118 valence electrons. The summed E-state index contributed by atoms with van der Waals surface area (Å²) in [6.45, 7) is 5.51. The van der Waals surface area contributed by atoms with Crippen molar-refractivity contribution in [2.45, 2.75) is 58.5 Å². The molecule has 1 heterocycles. The lowest BCUT2D eigenvalue weighted by molar-refractivity contribution is -0.921. The van der Waals surface area contributed by atoms with Gasteiger partial charge in [0.15, 0.2) is 0 Å². The molecule has 1 fully saturated rings. The van der Waals surface area contributed by atoms with Crippen molar-refractivity contribution in [2.24, 2.45) is 0 Å². The molecule has 22 heavy (non-hydrogen) atoms. The molecule has 2 heteroatoms. The summed E-state index contributed by atoms with van der Waals surface area (Å²) in [4.78, 5) is 1.68. The standard InChI is InChI=1S/C20H28N2/c1-16-13-14-17(2)22(16)20-12-8-7-9-18(20)15-21(3)19-10-5-4-6-11-19/h7-9,12-14,19H,4-6,10-11,15H2,1-3H3/p+1. The Bertz CT molecular complexity index is 601. The Balaban J connectivity index is 1.85. The van der Waals surface area contributed by atoms with E-state index in [1.165, 1.54) is 54.7 Å². The van der Waals surface area contributed by atoms with Gasteiger partial charge in [0, 0.05) is 17.0 Å². The fourth-order valence-electron chi connectivity index (χ4n) is 3.97. The molecule has 0 amide bonds. The summed E-state index contributed by atoms with van der Waals surface area (Å²) in [5.74, 6) is 0. The molecule has 1 saturated carbocycles. The first-order chi connectivity index (χ1) is 10.7. The predicted octanol–water partition coefficient (Wildman–Crippen LogP) is 3.44. The van der Waals surface area contributed by atoms with Crippen LogP contribution in [0, 0.1) is 13.8 Å². The van der Waals surface area contributed by atoms with Gasteiger partial charge in [0.2, 0.25) is 0 Å². The largest absolute Gasteiger partial charge is 0.331 e. The molecule has 0 saturated heterocycles. The molecule has 1 N–H and O–H groups in total. The number of para-hydroxylation sites is 1. The molecule has 3 rings (SSSR count). The maximum Gasteiger partial charge on any atom is 0.105 e. The van der Waals surface area contributed by atoms with Gasteiger partial charge in [0.25, 0.3) is 0 Å². The third-order valence-corrected chi connectivity index (χ3v) is 5.28. The second-order valence-corrected chi connectivity index (χ2v) is 6.94. The van der Waals surface area contributed by atoms with Gasteiger partial charge in [-0.25, -0.2) is 0 Å². The number of nitrogens with zero attached hydrogens (tertiary/aromatic N) is 1. The minimum absolute atomic E-state index is 0.841. The summed E-state index contributed by atoms with van der Waals surface area (Å²) in [5, 5.41) is 0. The maximum absolute atomic E-state index is 2.39. The molecular formula is C20H29N2+. The normalized spacial score (nSPS) is 17.6. The molecule has 0 aliphatic heterocycles. The number of nitrogens with one attached hydrogen (secondary N) is 1. The number of quaternary nitrogens is 1. The van der Waals surface area contributed by atoms with Gasteiger partial charge in [-0.2, -0.15) is 0 Å². The molecule has 1 aromatic heterocycles. The highest BCUT2D eigenvalue weighted by molar-refractivity contribution is 5.44. The average molecular weight is 297 g/mol. The zero-order valence-corrected chi connectivity index (χ0v) is 14.2.